The summed E-state index contributed by atoms with van der Waals surface area (Å²) in [6.45, 7) is 4.26. The fraction of sp³-hybridized carbons (Fsp3) is 0.933. The number of amides is 1. The van der Waals surface area contributed by atoms with Crippen molar-refractivity contribution < 1.29 is 4.79 Å². The number of halogens is 1. The van der Waals surface area contributed by atoms with E-state index in [2.05, 4.69) is 17.6 Å². The van der Waals surface area contributed by atoms with Gasteiger partial charge in [0.15, 0.2) is 0 Å². The molecule has 2 N–H and O–H groups in total. The topological polar surface area (TPSA) is 41.1 Å². The van der Waals surface area contributed by atoms with E-state index < -0.39 is 0 Å². The zero-order valence-electron chi connectivity index (χ0n) is 12.1. The molecule has 0 aromatic heterocycles. The van der Waals surface area contributed by atoms with Crippen LogP contribution in [0.5, 0.6) is 0 Å². The van der Waals surface area contributed by atoms with E-state index in [4.69, 9.17) is 0 Å². The van der Waals surface area contributed by atoms with E-state index in [0.717, 1.165) is 38.3 Å². The number of hydrogen-bond donors (Lipinski definition) is 2. The second kappa shape index (κ2) is 8.80. The maximum atomic E-state index is 12.1. The number of rotatable bonds is 5. The minimum absolute atomic E-state index is 0. The van der Waals surface area contributed by atoms with Crippen molar-refractivity contribution in [2.45, 2.75) is 64.3 Å². The van der Waals surface area contributed by atoms with Gasteiger partial charge in [0.2, 0.25) is 5.91 Å². The molecule has 19 heavy (non-hydrogen) atoms. The van der Waals surface area contributed by atoms with Crippen LogP contribution in [0.3, 0.4) is 0 Å². The van der Waals surface area contributed by atoms with E-state index in [1.54, 1.807) is 0 Å². The van der Waals surface area contributed by atoms with Gasteiger partial charge in [-0.2, -0.15) is 0 Å². The summed E-state index contributed by atoms with van der Waals surface area (Å²) >= 11 is 0. The lowest BCUT2D eigenvalue weighted by molar-refractivity contribution is -0.126. The standard InChI is InChI=1S/C15H28N2O.ClH/c1-2-3-4-12-5-7-13(8-6-12)15(18)17-14-9-10-16-11-14;/h12-14,16H,2-11H2,1H3,(H,17,18);1H. The number of carbonyl (C=O) groups is 1. The third-order valence-corrected chi connectivity index (χ3v) is 4.59. The molecule has 2 fully saturated rings. The van der Waals surface area contributed by atoms with E-state index >= 15 is 0 Å². The second-order valence-corrected chi connectivity index (χ2v) is 6.06. The molecular weight excluding hydrogens is 260 g/mol. The zero-order chi connectivity index (χ0) is 12.8. The van der Waals surface area contributed by atoms with Gasteiger partial charge >= 0.3 is 0 Å². The van der Waals surface area contributed by atoms with Crippen molar-refractivity contribution in [2.24, 2.45) is 11.8 Å². The first-order valence-corrected chi connectivity index (χ1v) is 7.80. The van der Waals surface area contributed by atoms with E-state index in [-0.39, 0.29) is 12.4 Å². The molecular formula is C15H29ClN2O. The van der Waals surface area contributed by atoms with Crippen LogP contribution in [0.4, 0.5) is 0 Å². The van der Waals surface area contributed by atoms with Gasteiger partial charge in [-0.15, -0.1) is 12.4 Å². The molecule has 0 spiro atoms. The third kappa shape index (κ3) is 5.31. The highest BCUT2D eigenvalue weighted by Crippen LogP contribution is 2.32. The van der Waals surface area contributed by atoms with Crippen molar-refractivity contribution in [3.8, 4) is 0 Å². The van der Waals surface area contributed by atoms with Crippen LogP contribution < -0.4 is 10.6 Å². The summed E-state index contributed by atoms with van der Waals surface area (Å²) in [7, 11) is 0. The normalized spacial score (nSPS) is 30.7. The molecule has 0 bridgehead atoms. The Labute approximate surface area is 123 Å². The van der Waals surface area contributed by atoms with Gasteiger partial charge in [0.1, 0.15) is 0 Å². The second-order valence-electron chi connectivity index (χ2n) is 6.06. The highest BCUT2D eigenvalue weighted by molar-refractivity contribution is 5.85. The summed E-state index contributed by atoms with van der Waals surface area (Å²) in [5.41, 5.74) is 0. The summed E-state index contributed by atoms with van der Waals surface area (Å²) in [6.07, 6.45) is 9.88. The van der Waals surface area contributed by atoms with Crippen LogP contribution in [0.1, 0.15) is 58.3 Å². The SMILES string of the molecule is CCCCC1CCC(C(=O)NC2CCNC2)CC1.Cl. The molecule has 0 radical (unpaired) electrons. The van der Waals surface area contributed by atoms with E-state index in [1.807, 2.05) is 0 Å². The van der Waals surface area contributed by atoms with Crippen LogP contribution >= 0.6 is 12.4 Å². The van der Waals surface area contributed by atoms with Gasteiger partial charge in [-0.25, -0.2) is 0 Å². The van der Waals surface area contributed by atoms with Crippen molar-refractivity contribution in [2.75, 3.05) is 13.1 Å². The number of nitrogens with one attached hydrogen (secondary N) is 2. The molecule has 1 atom stereocenters. The zero-order valence-corrected chi connectivity index (χ0v) is 12.9. The molecule has 2 rings (SSSR count). The molecule has 1 amide bonds. The average Bonchev–Trinajstić information content (AvgIpc) is 2.89. The van der Waals surface area contributed by atoms with Crippen molar-refractivity contribution in [3.05, 3.63) is 0 Å². The van der Waals surface area contributed by atoms with Crippen molar-refractivity contribution in [1.29, 1.82) is 0 Å². The van der Waals surface area contributed by atoms with Crippen LogP contribution in [0.25, 0.3) is 0 Å². The Balaban J connectivity index is 0.00000180. The minimum atomic E-state index is 0. The highest BCUT2D eigenvalue weighted by Gasteiger charge is 2.27. The predicted molar refractivity (Wildman–Crippen MR) is 81.6 cm³/mol. The smallest absolute Gasteiger partial charge is 0.223 e. The maximum absolute atomic E-state index is 12.1. The Morgan fingerprint density at radius 2 is 1.95 bits per heavy atom. The molecule has 2 aliphatic rings. The van der Waals surface area contributed by atoms with Gasteiger partial charge in [-0.3, -0.25) is 4.79 Å². The summed E-state index contributed by atoms with van der Waals surface area (Å²) in [4.78, 5) is 12.1. The van der Waals surface area contributed by atoms with Crippen LogP contribution in [-0.2, 0) is 4.79 Å². The van der Waals surface area contributed by atoms with Crippen LogP contribution in [0.15, 0.2) is 0 Å². The first-order valence-electron chi connectivity index (χ1n) is 7.80. The molecule has 1 aliphatic heterocycles. The first-order chi connectivity index (χ1) is 8.79. The Morgan fingerprint density at radius 3 is 2.53 bits per heavy atom. The molecule has 4 heteroatoms. The number of hydrogen-bond acceptors (Lipinski definition) is 2. The van der Waals surface area contributed by atoms with Gasteiger partial charge in [0.25, 0.3) is 0 Å². The van der Waals surface area contributed by atoms with Crippen molar-refractivity contribution in [3.63, 3.8) is 0 Å². The minimum Gasteiger partial charge on any atom is -0.352 e. The Bertz CT molecular complexity index is 259. The quantitative estimate of drug-likeness (QED) is 0.817. The number of carbonyl (C=O) groups excluding carboxylic acids is 1. The molecule has 112 valence electrons. The van der Waals surface area contributed by atoms with E-state index in [1.165, 1.54) is 32.1 Å². The molecule has 1 saturated carbocycles. The van der Waals surface area contributed by atoms with Crippen LogP contribution in [-0.4, -0.2) is 25.0 Å². The van der Waals surface area contributed by atoms with Gasteiger partial charge in [-0.05, 0) is 44.6 Å². The lowest BCUT2D eigenvalue weighted by Gasteiger charge is -2.28. The fourth-order valence-electron chi connectivity index (χ4n) is 3.30. The van der Waals surface area contributed by atoms with Crippen molar-refractivity contribution >= 4 is 18.3 Å². The molecule has 0 aromatic carbocycles. The average molecular weight is 289 g/mol. The van der Waals surface area contributed by atoms with Gasteiger partial charge in [0, 0.05) is 18.5 Å². The lowest BCUT2D eigenvalue weighted by atomic mass is 9.79. The third-order valence-electron chi connectivity index (χ3n) is 4.59. The molecule has 3 nitrogen and oxygen atoms in total. The summed E-state index contributed by atoms with van der Waals surface area (Å²) in [5, 5.41) is 6.50. The summed E-state index contributed by atoms with van der Waals surface area (Å²) in [6, 6.07) is 0.385. The summed E-state index contributed by atoms with van der Waals surface area (Å²) in [5.74, 6) is 1.50. The monoisotopic (exact) mass is 288 g/mol. The maximum Gasteiger partial charge on any atom is 0.223 e. The van der Waals surface area contributed by atoms with Gasteiger partial charge in [0.05, 0.1) is 0 Å². The Morgan fingerprint density at radius 1 is 1.21 bits per heavy atom. The molecule has 1 heterocycles. The van der Waals surface area contributed by atoms with Crippen molar-refractivity contribution in [1.82, 2.24) is 10.6 Å². The largest absolute Gasteiger partial charge is 0.352 e. The Hall–Kier alpha value is -0.280. The van der Waals surface area contributed by atoms with E-state index in [0.29, 0.717) is 17.9 Å². The molecule has 0 aromatic rings. The van der Waals surface area contributed by atoms with Gasteiger partial charge < -0.3 is 10.6 Å². The van der Waals surface area contributed by atoms with E-state index in [9.17, 15) is 4.79 Å². The molecule has 1 saturated heterocycles. The molecule has 1 aliphatic carbocycles. The highest BCUT2D eigenvalue weighted by atomic mass is 35.5. The summed E-state index contributed by atoms with van der Waals surface area (Å²) < 4.78 is 0. The Kier molecular flexibility index (Phi) is 7.77. The van der Waals surface area contributed by atoms with Crippen LogP contribution in [0, 0.1) is 11.8 Å². The molecule has 1 unspecified atom stereocenters. The predicted octanol–water partition coefficient (Wildman–Crippen LogP) is 2.88. The first kappa shape index (κ1) is 16.8. The van der Waals surface area contributed by atoms with Crippen LogP contribution in [0.2, 0.25) is 0 Å². The fourth-order valence-corrected chi connectivity index (χ4v) is 3.30. The lowest BCUT2D eigenvalue weighted by Crippen LogP contribution is -2.41. The number of unbranched alkanes of at least 4 members (excludes halogenated alkanes) is 1. The van der Waals surface area contributed by atoms with Gasteiger partial charge in [-0.1, -0.05) is 26.2 Å².